The number of hydrogen-bond donors (Lipinski definition) is 2. The van der Waals surface area contributed by atoms with Crippen LogP contribution in [0.5, 0.6) is 0 Å². The first-order valence-electron chi connectivity index (χ1n) is 13.7. The Hall–Kier alpha value is -3.06. The van der Waals surface area contributed by atoms with Gasteiger partial charge in [0, 0.05) is 17.9 Å². The minimum atomic E-state index is -4.45. The molecule has 3 N–H and O–H groups in total. The van der Waals surface area contributed by atoms with E-state index < -0.39 is 17.8 Å². The van der Waals surface area contributed by atoms with Crippen molar-refractivity contribution in [1.82, 2.24) is 4.90 Å². The molecule has 0 unspecified atom stereocenters. The summed E-state index contributed by atoms with van der Waals surface area (Å²) in [6.07, 6.45) is 5.00. The predicted octanol–water partition coefficient (Wildman–Crippen LogP) is 7.45. The summed E-state index contributed by atoms with van der Waals surface area (Å²) < 4.78 is 40.0. The molecule has 4 nitrogen and oxygen atoms in total. The van der Waals surface area contributed by atoms with E-state index in [0.29, 0.717) is 30.0 Å². The van der Waals surface area contributed by atoms with Gasteiger partial charge in [0.25, 0.3) is 5.91 Å². The Labute approximate surface area is 222 Å². The lowest BCUT2D eigenvalue weighted by atomic mass is 9.86. The van der Waals surface area contributed by atoms with Crippen molar-refractivity contribution in [3.8, 4) is 0 Å². The molecular formula is C31H36F3N3O. The minimum absolute atomic E-state index is 0.138. The van der Waals surface area contributed by atoms with Gasteiger partial charge >= 0.3 is 6.18 Å². The average Bonchev–Trinajstić information content (AvgIpc) is 3.56. The molecular weight excluding hydrogens is 487 g/mol. The van der Waals surface area contributed by atoms with Crippen LogP contribution >= 0.6 is 0 Å². The molecule has 5 rings (SSSR count). The number of nitrogens with two attached hydrogens (primary N) is 1. The highest BCUT2D eigenvalue weighted by Crippen LogP contribution is 2.40. The maximum absolute atomic E-state index is 13.6. The number of carbonyl (C=O) groups excluding carboxylic acids is 1. The maximum Gasteiger partial charge on any atom is 0.416 e. The molecule has 1 saturated carbocycles. The summed E-state index contributed by atoms with van der Waals surface area (Å²) >= 11 is 0. The van der Waals surface area contributed by atoms with E-state index in [4.69, 9.17) is 5.73 Å². The number of rotatable bonds is 9. The zero-order valence-corrected chi connectivity index (χ0v) is 21.9. The molecule has 7 heteroatoms. The van der Waals surface area contributed by atoms with Gasteiger partial charge in [0.15, 0.2) is 0 Å². The lowest BCUT2D eigenvalue weighted by Gasteiger charge is -2.23. The quantitative estimate of drug-likeness (QED) is 0.359. The van der Waals surface area contributed by atoms with Gasteiger partial charge in [-0.2, -0.15) is 13.2 Å². The van der Waals surface area contributed by atoms with E-state index >= 15 is 0 Å². The molecule has 0 bridgehead atoms. The number of hydrogen-bond acceptors (Lipinski definition) is 3. The Kier molecular flexibility index (Phi) is 7.66. The molecule has 2 aromatic rings. The van der Waals surface area contributed by atoms with Crippen molar-refractivity contribution >= 4 is 17.2 Å². The molecule has 1 heterocycles. The Balaban J connectivity index is 1.36. The van der Waals surface area contributed by atoms with E-state index in [-0.39, 0.29) is 5.91 Å². The van der Waals surface area contributed by atoms with Crippen LogP contribution in [0, 0.1) is 5.92 Å². The number of nitrogens with one attached hydrogen (secondary N) is 1. The number of allylic oxidation sites excluding steroid dienone is 2. The van der Waals surface area contributed by atoms with Crippen LogP contribution in [0.1, 0.15) is 81.0 Å². The molecule has 1 amide bonds. The number of halogens is 3. The molecule has 1 atom stereocenters. The Bertz CT molecular complexity index is 1240. The van der Waals surface area contributed by atoms with E-state index in [2.05, 4.69) is 12.2 Å². The van der Waals surface area contributed by atoms with Crippen LogP contribution < -0.4 is 11.1 Å². The summed E-state index contributed by atoms with van der Waals surface area (Å²) in [7, 11) is 0. The summed E-state index contributed by atoms with van der Waals surface area (Å²) in [4.78, 5) is 15.4. The third kappa shape index (κ3) is 5.98. The second-order valence-corrected chi connectivity index (χ2v) is 11.0. The number of carbonyl (C=O) groups is 1. The Morgan fingerprint density at radius 1 is 1.08 bits per heavy atom. The van der Waals surface area contributed by atoms with E-state index in [1.54, 1.807) is 11.0 Å². The molecule has 2 aliphatic carbocycles. The first-order valence-corrected chi connectivity index (χ1v) is 13.7. The van der Waals surface area contributed by atoms with Gasteiger partial charge in [0.05, 0.1) is 23.7 Å². The SMILES string of the molecule is CC1=C(c2ccc([C@@H](N)C3=C(Nc4cccc(C(F)(F)F)c4)CN(CCCC4CCCCC4)C3=O)cc2)C1. The van der Waals surface area contributed by atoms with Crippen molar-refractivity contribution in [2.24, 2.45) is 11.7 Å². The molecule has 202 valence electrons. The number of benzene rings is 2. The van der Waals surface area contributed by atoms with Crippen LogP contribution in [0.15, 0.2) is 65.4 Å². The normalized spacial score (nSPS) is 19.4. The number of anilines is 1. The summed E-state index contributed by atoms with van der Waals surface area (Å²) in [6.45, 7) is 3.05. The highest BCUT2D eigenvalue weighted by atomic mass is 19.4. The van der Waals surface area contributed by atoms with Gasteiger partial charge in [-0.1, -0.05) is 68.0 Å². The van der Waals surface area contributed by atoms with E-state index in [1.807, 2.05) is 24.3 Å². The van der Waals surface area contributed by atoms with Crippen molar-refractivity contribution in [2.75, 3.05) is 18.4 Å². The van der Waals surface area contributed by atoms with Crippen molar-refractivity contribution in [3.05, 3.63) is 82.1 Å². The van der Waals surface area contributed by atoms with Crippen molar-refractivity contribution < 1.29 is 18.0 Å². The maximum atomic E-state index is 13.6. The zero-order chi connectivity index (χ0) is 26.9. The average molecular weight is 524 g/mol. The number of alkyl halides is 3. The highest BCUT2D eigenvalue weighted by molar-refractivity contribution is 5.99. The second-order valence-electron chi connectivity index (χ2n) is 11.0. The van der Waals surface area contributed by atoms with Gasteiger partial charge in [-0.3, -0.25) is 4.79 Å². The van der Waals surface area contributed by atoms with E-state index in [0.717, 1.165) is 48.4 Å². The largest absolute Gasteiger partial charge is 0.416 e. The molecule has 3 aliphatic rings. The van der Waals surface area contributed by atoms with Crippen LogP contribution in [-0.2, 0) is 11.0 Å². The molecule has 2 aromatic carbocycles. The molecule has 0 saturated heterocycles. The van der Waals surface area contributed by atoms with E-state index in [1.165, 1.54) is 49.3 Å². The van der Waals surface area contributed by atoms with E-state index in [9.17, 15) is 18.0 Å². The third-order valence-corrected chi connectivity index (χ3v) is 8.20. The highest BCUT2D eigenvalue weighted by Gasteiger charge is 2.35. The first-order chi connectivity index (χ1) is 18.2. The summed E-state index contributed by atoms with van der Waals surface area (Å²) in [5, 5.41) is 3.13. The lowest BCUT2D eigenvalue weighted by molar-refractivity contribution is -0.137. The fraction of sp³-hybridized carbons (Fsp3) is 0.452. The fourth-order valence-electron chi connectivity index (χ4n) is 5.88. The standard InChI is InChI=1S/C31H36F3N3O/c1-20-17-26(20)22-12-14-23(15-13-22)29(35)28-27(36-25-11-5-10-24(18-25)31(32,33)34)19-37(30(28)38)16-6-9-21-7-3-2-4-8-21/h5,10-15,18,21,29,36H,2-4,6-9,16-17,19,35H2,1H3/t29-/m1/s1. The molecule has 1 fully saturated rings. The molecule has 38 heavy (non-hydrogen) atoms. The van der Waals surface area contributed by atoms with Gasteiger partial charge in [-0.25, -0.2) is 0 Å². The topological polar surface area (TPSA) is 58.4 Å². The Morgan fingerprint density at radius 2 is 1.79 bits per heavy atom. The number of amides is 1. The lowest BCUT2D eigenvalue weighted by Crippen LogP contribution is -2.31. The van der Waals surface area contributed by atoms with Crippen LogP contribution in [0.2, 0.25) is 0 Å². The van der Waals surface area contributed by atoms with Gasteiger partial charge < -0.3 is 16.0 Å². The minimum Gasteiger partial charge on any atom is -0.357 e. The molecule has 1 aliphatic heterocycles. The van der Waals surface area contributed by atoms with Crippen molar-refractivity contribution in [3.63, 3.8) is 0 Å². The van der Waals surface area contributed by atoms with Crippen LogP contribution in [0.25, 0.3) is 5.57 Å². The monoisotopic (exact) mass is 523 g/mol. The van der Waals surface area contributed by atoms with Gasteiger partial charge in [0.2, 0.25) is 0 Å². The molecule has 0 spiro atoms. The summed E-state index contributed by atoms with van der Waals surface area (Å²) in [6, 6.07) is 12.4. The summed E-state index contributed by atoms with van der Waals surface area (Å²) in [5.41, 5.74) is 11.9. The summed E-state index contributed by atoms with van der Waals surface area (Å²) in [5.74, 6) is 0.586. The third-order valence-electron chi connectivity index (χ3n) is 8.20. The van der Waals surface area contributed by atoms with Gasteiger partial charge in [-0.05, 0) is 67.0 Å². The Morgan fingerprint density at radius 3 is 2.45 bits per heavy atom. The molecule has 0 radical (unpaired) electrons. The fourth-order valence-corrected chi connectivity index (χ4v) is 5.88. The first kappa shape index (κ1) is 26.5. The van der Waals surface area contributed by atoms with Gasteiger partial charge in [0.1, 0.15) is 0 Å². The van der Waals surface area contributed by atoms with Crippen LogP contribution in [0.4, 0.5) is 18.9 Å². The molecule has 0 aromatic heterocycles. The predicted molar refractivity (Wildman–Crippen MR) is 145 cm³/mol. The van der Waals surface area contributed by atoms with Crippen molar-refractivity contribution in [2.45, 2.75) is 70.5 Å². The number of nitrogens with zero attached hydrogens (tertiary/aromatic N) is 1. The zero-order valence-electron chi connectivity index (χ0n) is 21.9. The van der Waals surface area contributed by atoms with Gasteiger partial charge in [-0.15, -0.1) is 0 Å². The second kappa shape index (κ2) is 11.0. The van der Waals surface area contributed by atoms with Crippen molar-refractivity contribution in [1.29, 1.82) is 0 Å². The van der Waals surface area contributed by atoms with Crippen LogP contribution in [0.3, 0.4) is 0 Å². The smallest absolute Gasteiger partial charge is 0.357 e. The van der Waals surface area contributed by atoms with Crippen LogP contribution in [-0.4, -0.2) is 23.9 Å².